The van der Waals surface area contributed by atoms with Crippen molar-refractivity contribution in [3.05, 3.63) is 66.3 Å². The Hall–Kier alpha value is -1.62. The van der Waals surface area contributed by atoms with E-state index in [-0.39, 0.29) is 5.78 Å². The topological polar surface area (TPSA) is 23.6 Å². The van der Waals surface area contributed by atoms with Crippen LogP contribution in [0.15, 0.2) is 65.6 Å². The first-order valence-electron chi connectivity index (χ1n) is 11.9. The molecular formula is C27H38N2OS. The molecule has 0 bridgehead atoms. The molecule has 0 saturated carbocycles. The molecule has 0 N–H and O–H groups in total. The third-order valence-corrected chi connectivity index (χ3v) is 7.73. The summed E-state index contributed by atoms with van der Waals surface area (Å²) in [4.78, 5) is 16.6. The zero-order valence-corrected chi connectivity index (χ0v) is 20.1. The van der Waals surface area contributed by atoms with Gasteiger partial charge in [-0.15, -0.1) is 0 Å². The molecule has 1 aromatic carbocycles. The second-order valence-electron chi connectivity index (χ2n) is 8.71. The number of allylic oxidation sites excluding steroid dienone is 5. The van der Waals surface area contributed by atoms with Crippen LogP contribution in [0.1, 0.15) is 62.7 Å². The van der Waals surface area contributed by atoms with Crippen molar-refractivity contribution in [2.45, 2.75) is 63.3 Å². The monoisotopic (exact) mass is 438 g/mol. The number of rotatable bonds is 9. The summed E-state index contributed by atoms with van der Waals surface area (Å²) < 4.78 is 2.49. The molecule has 0 radical (unpaired) electrons. The van der Waals surface area contributed by atoms with Gasteiger partial charge in [0.05, 0.1) is 0 Å². The molecule has 4 heteroatoms. The standard InChI is InChI=1S/C27H38N2OS/c1-4-7-9-23(6-3)27(30)24-10-12-26(13-11-24)31-29-20-16-25(17-21-29)28-18-14-22(8-5-2)15-19-28/h4,6-7,9-13,22,25H,1,5,8,14-21H2,2-3H3/b9-7-,23-6+. The lowest BCUT2D eigenvalue weighted by Gasteiger charge is -2.41. The molecule has 3 rings (SSSR count). The second-order valence-corrected chi connectivity index (χ2v) is 9.88. The van der Waals surface area contributed by atoms with Crippen LogP contribution < -0.4 is 0 Å². The van der Waals surface area contributed by atoms with Crippen LogP contribution in [0.3, 0.4) is 0 Å². The summed E-state index contributed by atoms with van der Waals surface area (Å²) in [5.74, 6) is 1.02. The van der Waals surface area contributed by atoms with Gasteiger partial charge < -0.3 is 4.90 Å². The molecule has 2 aliphatic heterocycles. The van der Waals surface area contributed by atoms with Crippen LogP contribution in [0.5, 0.6) is 0 Å². The average Bonchev–Trinajstić information content (AvgIpc) is 2.81. The van der Waals surface area contributed by atoms with E-state index in [0.29, 0.717) is 5.57 Å². The van der Waals surface area contributed by atoms with E-state index in [1.54, 1.807) is 12.2 Å². The van der Waals surface area contributed by atoms with Gasteiger partial charge in [0.25, 0.3) is 0 Å². The van der Waals surface area contributed by atoms with Crippen molar-refractivity contribution < 1.29 is 4.79 Å². The number of carbonyl (C=O) groups excluding carboxylic acids is 1. The second kappa shape index (κ2) is 12.4. The summed E-state index contributed by atoms with van der Waals surface area (Å²) in [6.45, 7) is 12.8. The SMILES string of the molecule is C=C/C=C\C(=C/C)C(=O)c1ccc(SN2CCC(N3CCC(CCC)CC3)CC2)cc1. The highest BCUT2D eigenvalue weighted by molar-refractivity contribution is 7.97. The van der Waals surface area contributed by atoms with Crippen molar-refractivity contribution in [1.82, 2.24) is 9.21 Å². The fraction of sp³-hybridized carbons (Fsp3) is 0.519. The number of nitrogens with zero attached hydrogens (tertiary/aromatic N) is 2. The molecule has 0 aliphatic carbocycles. The van der Waals surface area contributed by atoms with E-state index in [2.05, 4.69) is 34.8 Å². The summed E-state index contributed by atoms with van der Waals surface area (Å²) in [6, 6.07) is 8.81. The Kier molecular flexibility index (Phi) is 9.63. The maximum atomic E-state index is 12.7. The summed E-state index contributed by atoms with van der Waals surface area (Å²) in [6.07, 6.45) is 15.2. The number of hydrogen-bond donors (Lipinski definition) is 0. The van der Waals surface area contributed by atoms with E-state index in [9.17, 15) is 4.79 Å². The summed E-state index contributed by atoms with van der Waals surface area (Å²) in [5.41, 5.74) is 1.43. The summed E-state index contributed by atoms with van der Waals surface area (Å²) in [7, 11) is 0. The molecule has 3 nitrogen and oxygen atoms in total. The van der Waals surface area contributed by atoms with Crippen molar-refractivity contribution >= 4 is 17.7 Å². The van der Waals surface area contributed by atoms with Crippen LogP contribution in [0.2, 0.25) is 0 Å². The van der Waals surface area contributed by atoms with Crippen molar-refractivity contribution in [3.63, 3.8) is 0 Å². The highest BCUT2D eigenvalue weighted by Gasteiger charge is 2.28. The van der Waals surface area contributed by atoms with Crippen LogP contribution in [0.4, 0.5) is 0 Å². The first kappa shape index (κ1) is 24.0. The van der Waals surface area contributed by atoms with Gasteiger partial charge >= 0.3 is 0 Å². The predicted molar refractivity (Wildman–Crippen MR) is 134 cm³/mol. The Labute approximate surface area is 193 Å². The Morgan fingerprint density at radius 1 is 1.10 bits per heavy atom. The highest BCUT2D eigenvalue weighted by Crippen LogP contribution is 2.30. The number of Topliss-reactive ketones (excluding diaryl/α,β-unsaturated/α-hetero) is 1. The number of ketones is 1. The number of carbonyl (C=O) groups is 1. The fourth-order valence-corrected chi connectivity index (χ4v) is 5.72. The number of hydrogen-bond acceptors (Lipinski definition) is 4. The zero-order chi connectivity index (χ0) is 22.1. The van der Waals surface area contributed by atoms with E-state index in [1.807, 2.05) is 43.2 Å². The van der Waals surface area contributed by atoms with Gasteiger partial charge in [0.1, 0.15) is 0 Å². The molecule has 168 valence electrons. The van der Waals surface area contributed by atoms with Gasteiger partial charge in [-0.05, 0) is 87.8 Å². The molecule has 0 atom stereocenters. The Balaban J connectivity index is 1.46. The fourth-order valence-electron chi connectivity index (χ4n) is 4.77. The van der Waals surface area contributed by atoms with Crippen molar-refractivity contribution in [2.75, 3.05) is 26.2 Å². The zero-order valence-electron chi connectivity index (χ0n) is 19.3. The molecule has 2 saturated heterocycles. The molecule has 2 fully saturated rings. The molecule has 2 aliphatic rings. The minimum Gasteiger partial charge on any atom is -0.300 e. The normalized spacial score (nSPS) is 20.4. The van der Waals surface area contributed by atoms with Gasteiger partial charge in [0.2, 0.25) is 0 Å². The minimum atomic E-state index is 0.0562. The quantitative estimate of drug-likeness (QED) is 0.189. The van der Waals surface area contributed by atoms with Gasteiger partial charge in [-0.25, -0.2) is 4.31 Å². The Morgan fingerprint density at radius 3 is 2.35 bits per heavy atom. The Morgan fingerprint density at radius 2 is 1.77 bits per heavy atom. The van der Waals surface area contributed by atoms with E-state index >= 15 is 0 Å². The Bertz CT molecular complexity index is 767. The molecule has 0 spiro atoms. The third kappa shape index (κ3) is 6.93. The van der Waals surface area contributed by atoms with E-state index in [4.69, 9.17) is 0 Å². The predicted octanol–water partition coefficient (Wildman–Crippen LogP) is 6.54. The summed E-state index contributed by atoms with van der Waals surface area (Å²) in [5, 5.41) is 0. The van der Waals surface area contributed by atoms with Crippen molar-refractivity contribution in [2.24, 2.45) is 5.92 Å². The largest absolute Gasteiger partial charge is 0.300 e. The van der Waals surface area contributed by atoms with Gasteiger partial charge in [-0.3, -0.25) is 4.79 Å². The van der Waals surface area contributed by atoms with Crippen LogP contribution in [0.25, 0.3) is 0 Å². The molecular weight excluding hydrogens is 400 g/mol. The van der Waals surface area contributed by atoms with Crippen LogP contribution in [-0.2, 0) is 0 Å². The molecule has 1 aromatic rings. The first-order valence-corrected chi connectivity index (χ1v) is 12.7. The molecule has 31 heavy (non-hydrogen) atoms. The lowest BCUT2D eigenvalue weighted by Crippen LogP contribution is -2.46. The summed E-state index contributed by atoms with van der Waals surface area (Å²) >= 11 is 1.83. The number of likely N-dealkylation sites (tertiary alicyclic amines) is 1. The van der Waals surface area contributed by atoms with Crippen molar-refractivity contribution in [3.8, 4) is 0 Å². The van der Waals surface area contributed by atoms with Crippen LogP contribution >= 0.6 is 11.9 Å². The van der Waals surface area contributed by atoms with Crippen LogP contribution in [-0.4, -0.2) is 47.2 Å². The third-order valence-electron chi connectivity index (χ3n) is 6.62. The van der Waals surface area contributed by atoms with Crippen LogP contribution in [0, 0.1) is 5.92 Å². The highest BCUT2D eigenvalue weighted by atomic mass is 32.2. The lowest BCUT2D eigenvalue weighted by atomic mass is 9.90. The van der Waals surface area contributed by atoms with Crippen molar-refractivity contribution in [1.29, 1.82) is 0 Å². The lowest BCUT2D eigenvalue weighted by molar-refractivity contribution is 0.0966. The number of piperidine rings is 2. The molecule has 0 unspecified atom stereocenters. The molecule has 0 aromatic heterocycles. The molecule has 0 amide bonds. The number of benzene rings is 1. The van der Waals surface area contributed by atoms with Gasteiger partial charge in [-0.2, -0.15) is 0 Å². The maximum Gasteiger partial charge on any atom is 0.192 e. The first-order chi connectivity index (χ1) is 15.1. The van der Waals surface area contributed by atoms with Gasteiger partial charge in [0, 0.05) is 35.2 Å². The molecule has 2 heterocycles. The maximum absolute atomic E-state index is 12.7. The van der Waals surface area contributed by atoms with E-state index < -0.39 is 0 Å². The van der Waals surface area contributed by atoms with E-state index in [1.165, 1.54) is 56.5 Å². The minimum absolute atomic E-state index is 0.0562. The smallest absolute Gasteiger partial charge is 0.192 e. The van der Waals surface area contributed by atoms with Gasteiger partial charge in [0.15, 0.2) is 5.78 Å². The van der Waals surface area contributed by atoms with E-state index in [0.717, 1.165) is 30.6 Å². The average molecular weight is 439 g/mol. The van der Waals surface area contributed by atoms with Gasteiger partial charge in [-0.1, -0.05) is 50.6 Å².